The number of hydrogen-bond acceptors (Lipinski definition) is 3. The highest BCUT2D eigenvalue weighted by Crippen LogP contribution is 2.25. The van der Waals surface area contributed by atoms with Crippen molar-refractivity contribution in [2.45, 2.75) is 6.04 Å². The second-order valence-electron chi connectivity index (χ2n) is 3.55. The molecule has 0 radical (unpaired) electrons. The summed E-state index contributed by atoms with van der Waals surface area (Å²) in [5.41, 5.74) is 2.55. The van der Waals surface area contributed by atoms with Crippen LogP contribution < -0.4 is 10.1 Å². The molecule has 2 nitrogen and oxygen atoms in total. The minimum Gasteiger partial charge on any atom is -0.497 e. The van der Waals surface area contributed by atoms with Gasteiger partial charge in [-0.1, -0.05) is 12.1 Å². The van der Waals surface area contributed by atoms with E-state index in [1.54, 1.807) is 18.4 Å². The lowest BCUT2D eigenvalue weighted by Crippen LogP contribution is -2.16. The lowest BCUT2D eigenvalue weighted by atomic mass is 10.0. The van der Waals surface area contributed by atoms with E-state index in [9.17, 15) is 0 Å². The average molecular weight is 233 g/mol. The van der Waals surface area contributed by atoms with Crippen LogP contribution >= 0.6 is 11.3 Å². The molecule has 1 heterocycles. The molecule has 1 atom stereocenters. The number of benzene rings is 1. The monoisotopic (exact) mass is 233 g/mol. The first-order chi connectivity index (χ1) is 7.85. The third kappa shape index (κ3) is 2.26. The number of ether oxygens (including phenoxy) is 1. The Hall–Kier alpha value is -1.32. The van der Waals surface area contributed by atoms with Crippen molar-refractivity contribution >= 4 is 11.3 Å². The van der Waals surface area contributed by atoms with Gasteiger partial charge in [0.05, 0.1) is 13.2 Å². The van der Waals surface area contributed by atoms with Crippen LogP contribution in [0.1, 0.15) is 17.2 Å². The molecule has 1 aromatic heterocycles. The van der Waals surface area contributed by atoms with Gasteiger partial charge in [0.15, 0.2) is 0 Å². The van der Waals surface area contributed by atoms with Crippen LogP contribution in [-0.2, 0) is 0 Å². The summed E-state index contributed by atoms with van der Waals surface area (Å²) in [6.45, 7) is 0. The number of nitrogens with one attached hydrogen (secondary N) is 1. The summed E-state index contributed by atoms with van der Waals surface area (Å²) in [7, 11) is 3.66. The molecule has 0 aliphatic heterocycles. The third-order valence-corrected chi connectivity index (χ3v) is 3.32. The standard InChI is InChI=1S/C13H15NOS/c1-14-13(11-7-8-16-9-11)10-3-5-12(15-2)6-4-10/h3-9,13-14H,1-2H3. The van der Waals surface area contributed by atoms with Crippen LogP contribution in [0.3, 0.4) is 0 Å². The van der Waals surface area contributed by atoms with Gasteiger partial charge in [-0.3, -0.25) is 0 Å². The molecule has 16 heavy (non-hydrogen) atoms. The van der Waals surface area contributed by atoms with Crippen molar-refractivity contribution in [1.29, 1.82) is 0 Å². The molecular weight excluding hydrogens is 218 g/mol. The van der Waals surface area contributed by atoms with E-state index < -0.39 is 0 Å². The second kappa shape index (κ2) is 5.14. The first-order valence-corrected chi connectivity index (χ1v) is 6.12. The zero-order valence-corrected chi connectivity index (χ0v) is 10.3. The third-order valence-electron chi connectivity index (χ3n) is 2.61. The van der Waals surface area contributed by atoms with E-state index in [2.05, 4.69) is 34.3 Å². The Morgan fingerprint density at radius 2 is 1.88 bits per heavy atom. The van der Waals surface area contributed by atoms with E-state index in [0.29, 0.717) is 0 Å². The van der Waals surface area contributed by atoms with Crippen LogP contribution in [0.5, 0.6) is 5.75 Å². The quantitative estimate of drug-likeness (QED) is 0.876. The molecule has 0 saturated carbocycles. The average Bonchev–Trinajstić information content (AvgIpc) is 2.85. The van der Waals surface area contributed by atoms with Gasteiger partial charge in [-0.2, -0.15) is 11.3 Å². The molecule has 0 fully saturated rings. The van der Waals surface area contributed by atoms with E-state index in [4.69, 9.17) is 4.74 Å². The number of thiophene rings is 1. The highest BCUT2D eigenvalue weighted by Gasteiger charge is 2.11. The fourth-order valence-electron chi connectivity index (χ4n) is 1.76. The summed E-state index contributed by atoms with van der Waals surface area (Å²) in [6, 6.07) is 10.6. The van der Waals surface area contributed by atoms with Gasteiger partial charge in [0.1, 0.15) is 5.75 Å². The molecule has 2 aromatic rings. The minimum atomic E-state index is 0.261. The van der Waals surface area contributed by atoms with E-state index in [1.807, 2.05) is 19.2 Å². The van der Waals surface area contributed by atoms with Crippen LogP contribution in [-0.4, -0.2) is 14.2 Å². The van der Waals surface area contributed by atoms with Crippen LogP contribution in [0.4, 0.5) is 0 Å². The Balaban J connectivity index is 2.27. The summed E-state index contributed by atoms with van der Waals surface area (Å²) >= 11 is 1.72. The van der Waals surface area contributed by atoms with Crippen molar-refractivity contribution in [3.8, 4) is 5.75 Å². The summed E-state index contributed by atoms with van der Waals surface area (Å²) in [5.74, 6) is 0.893. The predicted molar refractivity (Wildman–Crippen MR) is 68.2 cm³/mol. The highest BCUT2D eigenvalue weighted by atomic mass is 32.1. The maximum atomic E-state index is 5.15. The molecule has 0 aliphatic carbocycles. The highest BCUT2D eigenvalue weighted by molar-refractivity contribution is 7.08. The summed E-state index contributed by atoms with van der Waals surface area (Å²) in [4.78, 5) is 0. The van der Waals surface area contributed by atoms with E-state index in [-0.39, 0.29) is 6.04 Å². The van der Waals surface area contributed by atoms with E-state index in [1.165, 1.54) is 11.1 Å². The van der Waals surface area contributed by atoms with Crippen LogP contribution in [0.15, 0.2) is 41.1 Å². The Bertz CT molecular complexity index is 422. The van der Waals surface area contributed by atoms with Gasteiger partial charge in [-0.05, 0) is 47.1 Å². The fraction of sp³-hybridized carbons (Fsp3) is 0.231. The van der Waals surface area contributed by atoms with Crippen molar-refractivity contribution in [1.82, 2.24) is 5.32 Å². The van der Waals surface area contributed by atoms with Gasteiger partial charge in [0.2, 0.25) is 0 Å². The number of hydrogen-bond donors (Lipinski definition) is 1. The molecule has 0 aliphatic rings. The van der Waals surface area contributed by atoms with Crippen LogP contribution in [0, 0.1) is 0 Å². The number of rotatable bonds is 4. The van der Waals surface area contributed by atoms with Gasteiger partial charge in [-0.15, -0.1) is 0 Å². The Morgan fingerprint density at radius 1 is 1.12 bits per heavy atom. The maximum absolute atomic E-state index is 5.15. The zero-order chi connectivity index (χ0) is 11.4. The van der Waals surface area contributed by atoms with Gasteiger partial charge < -0.3 is 10.1 Å². The van der Waals surface area contributed by atoms with Gasteiger partial charge >= 0.3 is 0 Å². The molecule has 1 N–H and O–H groups in total. The summed E-state index contributed by atoms with van der Waals surface area (Å²) in [5, 5.41) is 7.60. The molecule has 0 saturated heterocycles. The normalized spacial score (nSPS) is 12.4. The van der Waals surface area contributed by atoms with Crippen molar-refractivity contribution < 1.29 is 4.74 Å². The van der Waals surface area contributed by atoms with Crippen molar-refractivity contribution in [3.63, 3.8) is 0 Å². The summed E-state index contributed by atoms with van der Waals surface area (Å²) < 4.78 is 5.15. The largest absolute Gasteiger partial charge is 0.497 e. The molecule has 3 heteroatoms. The van der Waals surface area contributed by atoms with Crippen molar-refractivity contribution in [2.24, 2.45) is 0 Å². The minimum absolute atomic E-state index is 0.261. The van der Waals surface area contributed by atoms with Gasteiger partial charge in [0, 0.05) is 0 Å². The number of methoxy groups -OCH3 is 1. The molecule has 84 valence electrons. The van der Waals surface area contributed by atoms with Crippen LogP contribution in [0.2, 0.25) is 0 Å². The molecular formula is C13H15NOS. The van der Waals surface area contributed by atoms with Gasteiger partial charge in [-0.25, -0.2) is 0 Å². The first-order valence-electron chi connectivity index (χ1n) is 5.18. The lowest BCUT2D eigenvalue weighted by Gasteiger charge is -2.15. The lowest BCUT2D eigenvalue weighted by molar-refractivity contribution is 0.414. The Kier molecular flexibility index (Phi) is 3.59. The molecule has 0 amide bonds. The molecule has 0 bridgehead atoms. The summed E-state index contributed by atoms with van der Waals surface area (Å²) in [6.07, 6.45) is 0. The van der Waals surface area contributed by atoms with E-state index >= 15 is 0 Å². The Morgan fingerprint density at radius 3 is 2.38 bits per heavy atom. The second-order valence-corrected chi connectivity index (χ2v) is 4.33. The SMILES string of the molecule is CNC(c1ccc(OC)cc1)c1ccsc1. The molecule has 1 unspecified atom stereocenters. The zero-order valence-electron chi connectivity index (χ0n) is 9.44. The molecule has 2 rings (SSSR count). The molecule has 1 aromatic carbocycles. The van der Waals surface area contributed by atoms with Crippen molar-refractivity contribution in [3.05, 3.63) is 52.2 Å². The Labute approximate surface area is 99.9 Å². The smallest absolute Gasteiger partial charge is 0.118 e. The van der Waals surface area contributed by atoms with Gasteiger partial charge in [0.25, 0.3) is 0 Å². The fourth-order valence-corrected chi connectivity index (χ4v) is 2.45. The van der Waals surface area contributed by atoms with Crippen molar-refractivity contribution in [2.75, 3.05) is 14.2 Å². The topological polar surface area (TPSA) is 21.3 Å². The maximum Gasteiger partial charge on any atom is 0.118 e. The van der Waals surface area contributed by atoms with E-state index in [0.717, 1.165) is 5.75 Å². The molecule has 0 spiro atoms. The first kappa shape index (κ1) is 11.2. The van der Waals surface area contributed by atoms with Crippen LogP contribution in [0.25, 0.3) is 0 Å². The predicted octanol–water partition coefficient (Wildman–Crippen LogP) is 3.07.